The number of carbonyl (C=O) groups excluding carboxylic acids is 3. The fourth-order valence-electron chi connectivity index (χ4n) is 4.50. The molecule has 0 bridgehead atoms. The maximum atomic E-state index is 13.5. The first-order valence-corrected chi connectivity index (χ1v) is 9.37. The van der Waals surface area contributed by atoms with Crippen LogP contribution in [0.1, 0.15) is 24.0 Å². The number of imide groups is 1. The number of piperidine rings is 1. The number of halogens is 3. The van der Waals surface area contributed by atoms with E-state index in [1.165, 1.54) is 6.92 Å². The maximum absolute atomic E-state index is 13.5. The van der Waals surface area contributed by atoms with Gasteiger partial charge in [0.25, 0.3) is 11.8 Å². The van der Waals surface area contributed by atoms with Gasteiger partial charge in [0, 0.05) is 5.92 Å². The second-order valence-corrected chi connectivity index (χ2v) is 7.28. The van der Waals surface area contributed by atoms with E-state index in [-0.39, 0.29) is 12.3 Å². The number of rotatable bonds is 4. The number of carbonyl (C=O) groups is 3. The molecule has 2 aromatic carbocycles. The number of anilines is 1. The van der Waals surface area contributed by atoms with Gasteiger partial charge in [0.2, 0.25) is 0 Å². The third-order valence-electron chi connectivity index (χ3n) is 5.85. The lowest BCUT2D eigenvalue weighted by molar-refractivity contribution is -0.154. The molecule has 4 rings (SSSR count). The van der Waals surface area contributed by atoms with Crippen LogP contribution in [0.3, 0.4) is 0 Å². The summed E-state index contributed by atoms with van der Waals surface area (Å²) < 4.78 is 43.7. The van der Waals surface area contributed by atoms with Crippen LogP contribution in [0, 0.1) is 22.2 Å². The summed E-state index contributed by atoms with van der Waals surface area (Å²) in [6, 6.07) is 13.5. The van der Waals surface area contributed by atoms with Crippen LogP contribution in [-0.2, 0) is 25.3 Å². The second kappa shape index (κ2) is 6.67. The summed E-state index contributed by atoms with van der Waals surface area (Å²) in [6.07, 6.45) is -4.60. The quantitative estimate of drug-likeness (QED) is 0.423. The lowest BCUT2D eigenvalue weighted by Crippen LogP contribution is -2.40. The van der Waals surface area contributed by atoms with Gasteiger partial charge in [-0.1, -0.05) is 30.3 Å². The van der Waals surface area contributed by atoms with Gasteiger partial charge < -0.3 is 4.74 Å². The molecular weight excluding hydrogens is 413 g/mol. The standard InChI is InChI=1S/C22H15F3N2O4/c1-2-31-19(30)21-16(13-6-4-3-5-7-13)20(21,12-26)17(28)27(18(21)29)15-10-8-14(9-11-15)22(23,24)25/h3-11,16H,2H2,1H3/t16-,20+,21-/m0/s1. The van der Waals surface area contributed by atoms with Crippen LogP contribution in [-0.4, -0.2) is 24.4 Å². The monoisotopic (exact) mass is 428 g/mol. The van der Waals surface area contributed by atoms with Gasteiger partial charge >= 0.3 is 12.1 Å². The summed E-state index contributed by atoms with van der Waals surface area (Å²) >= 11 is 0. The molecule has 0 radical (unpaired) electrons. The van der Waals surface area contributed by atoms with Gasteiger partial charge in [-0.15, -0.1) is 0 Å². The summed E-state index contributed by atoms with van der Waals surface area (Å²) in [4.78, 5) is 40.4. The minimum absolute atomic E-state index is 0.0780. The number of benzene rings is 2. The molecule has 0 N–H and O–H groups in total. The summed E-state index contributed by atoms with van der Waals surface area (Å²) in [5.74, 6) is -3.98. The molecule has 2 amide bonds. The SMILES string of the molecule is CCOC(=O)[C@]12C(=O)N(c3ccc(C(F)(F)F)cc3)C(=O)[C@@]1(C#N)[C@@H]2c1ccccc1. The molecule has 0 spiro atoms. The number of alkyl halides is 3. The summed E-state index contributed by atoms with van der Waals surface area (Å²) in [5.41, 5.74) is -4.77. The van der Waals surface area contributed by atoms with Gasteiger partial charge in [-0.05, 0) is 36.8 Å². The Hall–Kier alpha value is -3.67. The molecule has 158 valence electrons. The van der Waals surface area contributed by atoms with Gasteiger partial charge in [0.1, 0.15) is 0 Å². The minimum atomic E-state index is -4.60. The average Bonchev–Trinajstić information content (AvgIpc) is 3.34. The molecule has 3 atom stereocenters. The molecule has 2 aliphatic rings. The molecule has 2 aromatic rings. The molecule has 31 heavy (non-hydrogen) atoms. The largest absolute Gasteiger partial charge is 0.465 e. The van der Waals surface area contributed by atoms with Crippen molar-refractivity contribution >= 4 is 23.5 Å². The molecule has 1 saturated carbocycles. The normalized spacial score (nSPS) is 26.9. The fraction of sp³-hybridized carbons (Fsp3) is 0.273. The number of hydrogen-bond donors (Lipinski definition) is 0. The first kappa shape index (κ1) is 20.6. The van der Waals surface area contributed by atoms with E-state index in [0.717, 1.165) is 24.3 Å². The van der Waals surface area contributed by atoms with Crippen LogP contribution >= 0.6 is 0 Å². The van der Waals surface area contributed by atoms with Crippen molar-refractivity contribution in [2.24, 2.45) is 10.8 Å². The highest BCUT2D eigenvalue weighted by Crippen LogP contribution is 2.79. The molecule has 1 aliphatic carbocycles. The molecule has 2 fully saturated rings. The van der Waals surface area contributed by atoms with Crippen molar-refractivity contribution in [2.45, 2.75) is 19.0 Å². The number of hydrogen-bond acceptors (Lipinski definition) is 5. The van der Waals surface area contributed by atoms with Crippen LogP contribution in [0.25, 0.3) is 0 Å². The van der Waals surface area contributed by atoms with E-state index in [1.54, 1.807) is 30.3 Å². The number of nitrogens with zero attached hydrogens (tertiary/aromatic N) is 2. The van der Waals surface area contributed by atoms with Crippen LogP contribution in [0.15, 0.2) is 54.6 Å². The third kappa shape index (κ3) is 2.48. The highest BCUT2D eigenvalue weighted by Gasteiger charge is 2.95. The van der Waals surface area contributed by atoms with E-state index in [0.29, 0.717) is 10.5 Å². The van der Waals surface area contributed by atoms with E-state index in [9.17, 15) is 32.8 Å². The van der Waals surface area contributed by atoms with Gasteiger partial charge in [-0.2, -0.15) is 18.4 Å². The Morgan fingerprint density at radius 1 is 1.10 bits per heavy atom. The molecule has 1 saturated heterocycles. The molecule has 9 heteroatoms. The molecule has 1 aliphatic heterocycles. The van der Waals surface area contributed by atoms with Crippen LogP contribution < -0.4 is 4.90 Å². The Balaban J connectivity index is 1.84. The fourth-order valence-corrected chi connectivity index (χ4v) is 4.50. The minimum Gasteiger partial charge on any atom is -0.465 e. The molecule has 0 aromatic heterocycles. The van der Waals surface area contributed by atoms with Crippen LogP contribution in [0.2, 0.25) is 0 Å². The average molecular weight is 428 g/mol. The molecule has 6 nitrogen and oxygen atoms in total. The number of ether oxygens (including phenoxy) is 1. The van der Waals surface area contributed by atoms with Crippen LogP contribution in [0.4, 0.5) is 18.9 Å². The van der Waals surface area contributed by atoms with Gasteiger partial charge in [-0.25, -0.2) is 4.90 Å². The zero-order chi connectivity index (χ0) is 22.6. The number of esters is 1. The third-order valence-corrected chi connectivity index (χ3v) is 5.85. The summed E-state index contributed by atoms with van der Waals surface area (Å²) in [6.45, 7) is 1.45. The summed E-state index contributed by atoms with van der Waals surface area (Å²) in [7, 11) is 0. The molecular formula is C22H15F3N2O4. The van der Waals surface area contributed by atoms with E-state index in [4.69, 9.17) is 4.74 Å². The van der Waals surface area contributed by atoms with E-state index in [1.807, 2.05) is 6.07 Å². The van der Waals surface area contributed by atoms with Crippen molar-refractivity contribution in [1.29, 1.82) is 5.26 Å². The lowest BCUT2D eigenvalue weighted by atomic mass is 9.96. The zero-order valence-corrected chi connectivity index (χ0v) is 16.1. The van der Waals surface area contributed by atoms with Crippen molar-refractivity contribution in [2.75, 3.05) is 11.5 Å². The predicted octanol–water partition coefficient (Wildman–Crippen LogP) is 3.44. The first-order chi connectivity index (χ1) is 14.7. The van der Waals surface area contributed by atoms with E-state index < -0.39 is 46.3 Å². The van der Waals surface area contributed by atoms with Gasteiger partial charge in [0.05, 0.1) is 23.9 Å². The van der Waals surface area contributed by atoms with E-state index in [2.05, 4.69) is 0 Å². The Morgan fingerprint density at radius 3 is 2.23 bits per heavy atom. The molecule has 1 heterocycles. The Morgan fingerprint density at radius 2 is 1.71 bits per heavy atom. The number of nitriles is 1. The number of amides is 2. The molecule has 0 unspecified atom stereocenters. The Bertz CT molecular complexity index is 1120. The Labute approximate surface area is 174 Å². The zero-order valence-electron chi connectivity index (χ0n) is 16.1. The van der Waals surface area contributed by atoms with Crippen LogP contribution in [0.5, 0.6) is 0 Å². The number of fused-ring (bicyclic) bond motifs is 1. The maximum Gasteiger partial charge on any atom is 0.416 e. The first-order valence-electron chi connectivity index (χ1n) is 9.37. The van der Waals surface area contributed by atoms with E-state index >= 15 is 0 Å². The highest BCUT2D eigenvalue weighted by molar-refractivity contribution is 6.37. The Kier molecular flexibility index (Phi) is 4.43. The predicted molar refractivity (Wildman–Crippen MR) is 100 cm³/mol. The highest BCUT2D eigenvalue weighted by atomic mass is 19.4. The van der Waals surface area contributed by atoms with Crippen molar-refractivity contribution in [3.63, 3.8) is 0 Å². The van der Waals surface area contributed by atoms with Crippen molar-refractivity contribution < 1.29 is 32.3 Å². The van der Waals surface area contributed by atoms with Gasteiger partial charge in [0.15, 0.2) is 10.8 Å². The topological polar surface area (TPSA) is 87.5 Å². The van der Waals surface area contributed by atoms with Crippen molar-refractivity contribution in [1.82, 2.24) is 0 Å². The van der Waals surface area contributed by atoms with Gasteiger partial charge in [-0.3, -0.25) is 14.4 Å². The van der Waals surface area contributed by atoms with Crippen molar-refractivity contribution in [3.8, 4) is 6.07 Å². The lowest BCUT2D eigenvalue weighted by Gasteiger charge is -2.22. The smallest absolute Gasteiger partial charge is 0.416 e. The summed E-state index contributed by atoms with van der Waals surface area (Å²) in [5, 5.41) is 9.98. The van der Waals surface area contributed by atoms with Crippen molar-refractivity contribution in [3.05, 3.63) is 65.7 Å². The second-order valence-electron chi connectivity index (χ2n) is 7.28.